The highest BCUT2D eigenvalue weighted by atomic mass is 32.2. The maximum absolute atomic E-state index is 12.5. The summed E-state index contributed by atoms with van der Waals surface area (Å²) in [6.07, 6.45) is 44.6. The van der Waals surface area contributed by atoms with E-state index in [-0.39, 0.29) is 6.42 Å². The van der Waals surface area contributed by atoms with E-state index in [1.54, 1.807) is 6.08 Å². The summed E-state index contributed by atoms with van der Waals surface area (Å²) in [5, 5.41) is 23.3. The fraction of sp³-hybridized carbons (Fsp3) is 0.786. The molecule has 0 saturated carbocycles. The van der Waals surface area contributed by atoms with Crippen molar-refractivity contribution in [2.24, 2.45) is 0 Å². The van der Waals surface area contributed by atoms with Gasteiger partial charge in [0.05, 0.1) is 17.9 Å². The van der Waals surface area contributed by atoms with E-state index in [0.717, 1.165) is 44.9 Å². The highest BCUT2D eigenvalue weighted by molar-refractivity contribution is 7.85. The third-order valence-electron chi connectivity index (χ3n) is 9.06. The number of nitrogens with one attached hydrogen (secondary N) is 1. The van der Waals surface area contributed by atoms with Crippen molar-refractivity contribution in [1.82, 2.24) is 5.32 Å². The number of hydrogen-bond acceptors (Lipinski definition) is 5. The van der Waals surface area contributed by atoms with Gasteiger partial charge in [-0.15, -0.1) is 0 Å². The Labute approximate surface area is 308 Å². The average Bonchev–Trinajstić information content (AvgIpc) is 3.08. The van der Waals surface area contributed by atoms with Crippen LogP contribution in [0.3, 0.4) is 0 Å². The minimum atomic E-state index is -4.46. The van der Waals surface area contributed by atoms with Crippen LogP contribution in [0.15, 0.2) is 48.6 Å². The number of rotatable bonds is 36. The van der Waals surface area contributed by atoms with Crippen molar-refractivity contribution in [3.8, 4) is 0 Å². The quantitative estimate of drug-likeness (QED) is 0.0290. The number of aliphatic hydroxyl groups is 2. The monoisotopic (exact) mass is 724 g/mol. The first-order valence-corrected chi connectivity index (χ1v) is 22.1. The number of allylic oxidation sites excluding steroid dienone is 7. The molecule has 0 fully saturated rings. The highest BCUT2D eigenvalue weighted by Gasteiger charge is 2.27. The largest absolute Gasteiger partial charge is 0.387 e. The van der Waals surface area contributed by atoms with E-state index in [1.165, 1.54) is 115 Å². The molecule has 0 saturated heterocycles. The van der Waals surface area contributed by atoms with Crippen molar-refractivity contribution in [3.63, 3.8) is 0 Å². The zero-order valence-corrected chi connectivity index (χ0v) is 32.9. The second-order valence-corrected chi connectivity index (χ2v) is 15.5. The molecule has 0 heterocycles. The molecule has 0 aliphatic rings. The van der Waals surface area contributed by atoms with Crippen molar-refractivity contribution in [3.05, 3.63) is 48.6 Å². The molecule has 8 heteroatoms. The van der Waals surface area contributed by atoms with E-state index in [2.05, 4.69) is 55.6 Å². The Morgan fingerprint density at radius 3 is 1.32 bits per heavy atom. The normalized spacial score (nSPS) is 14.4. The van der Waals surface area contributed by atoms with Crippen LogP contribution >= 0.6 is 0 Å². The summed E-state index contributed by atoms with van der Waals surface area (Å²) in [5.74, 6) is -1.59. The molecule has 0 aromatic rings. The number of carbonyl (C=O) groups is 1. The number of carbonyl (C=O) groups excluding carboxylic acids is 1. The second kappa shape index (κ2) is 35.7. The first kappa shape index (κ1) is 48.3. The maximum Gasteiger partial charge on any atom is 0.267 e. The molecule has 3 unspecified atom stereocenters. The molecule has 0 rings (SSSR count). The predicted octanol–water partition coefficient (Wildman–Crippen LogP) is 10.9. The highest BCUT2D eigenvalue weighted by Crippen LogP contribution is 2.13. The van der Waals surface area contributed by atoms with Gasteiger partial charge >= 0.3 is 0 Å². The van der Waals surface area contributed by atoms with Crippen LogP contribution in [-0.4, -0.2) is 53.1 Å². The molecule has 0 bridgehead atoms. The van der Waals surface area contributed by atoms with E-state index in [4.69, 9.17) is 0 Å². The van der Waals surface area contributed by atoms with Crippen molar-refractivity contribution in [1.29, 1.82) is 0 Å². The summed E-state index contributed by atoms with van der Waals surface area (Å²) in [6, 6.07) is -1.26. The molecule has 1 amide bonds. The maximum atomic E-state index is 12.5. The van der Waals surface area contributed by atoms with Crippen LogP contribution in [0.4, 0.5) is 0 Å². The van der Waals surface area contributed by atoms with Gasteiger partial charge in [0.15, 0.2) is 0 Å². The lowest BCUT2D eigenvalue weighted by atomic mass is 10.1. The van der Waals surface area contributed by atoms with Gasteiger partial charge in [-0.3, -0.25) is 9.35 Å². The van der Waals surface area contributed by atoms with Crippen LogP contribution in [-0.2, 0) is 14.9 Å². The molecule has 50 heavy (non-hydrogen) atoms. The third kappa shape index (κ3) is 34.7. The smallest absolute Gasteiger partial charge is 0.267 e. The van der Waals surface area contributed by atoms with Crippen LogP contribution in [0.2, 0.25) is 0 Å². The predicted molar refractivity (Wildman–Crippen MR) is 213 cm³/mol. The van der Waals surface area contributed by atoms with Crippen LogP contribution in [0.1, 0.15) is 187 Å². The lowest BCUT2D eigenvalue weighted by molar-refractivity contribution is -0.130. The number of amides is 1. The molecule has 0 spiro atoms. The van der Waals surface area contributed by atoms with Gasteiger partial charge in [-0.2, -0.15) is 8.42 Å². The molecule has 0 aliphatic heterocycles. The summed E-state index contributed by atoms with van der Waals surface area (Å²) >= 11 is 0. The van der Waals surface area contributed by atoms with Gasteiger partial charge in [0, 0.05) is 0 Å². The topological polar surface area (TPSA) is 124 Å². The summed E-state index contributed by atoms with van der Waals surface area (Å²) < 4.78 is 32.5. The summed E-state index contributed by atoms with van der Waals surface area (Å²) in [4.78, 5) is 12.5. The lowest BCUT2D eigenvalue weighted by Gasteiger charge is -2.22. The van der Waals surface area contributed by atoms with Crippen LogP contribution < -0.4 is 5.32 Å². The lowest BCUT2D eigenvalue weighted by Crippen LogP contribution is -2.50. The Morgan fingerprint density at radius 1 is 0.540 bits per heavy atom. The summed E-state index contributed by atoms with van der Waals surface area (Å²) in [6.45, 7) is 4.49. The summed E-state index contributed by atoms with van der Waals surface area (Å²) in [7, 11) is -4.46. The third-order valence-corrected chi connectivity index (χ3v) is 9.84. The van der Waals surface area contributed by atoms with Crippen LogP contribution in [0, 0.1) is 0 Å². The van der Waals surface area contributed by atoms with Crippen LogP contribution in [0.25, 0.3) is 0 Å². The number of unbranched alkanes of at least 4 members (excludes halogenated alkanes) is 21. The molecular formula is C42H77NO6S. The van der Waals surface area contributed by atoms with Gasteiger partial charge in [0.25, 0.3) is 10.1 Å². The van der Waals surface area contributed by atoms with Crippen molar-refractivity contribution in [2.75, 3.05) is 5.75 Å². The fourth-order valence-corrected chi connectivity index (χ4v) is 6.63. The van der Waals surface area contributed by atoms with Crippen LogP contribution in [0.5, 0.6) is 0 Å². The van der Waals surface area contributed by atoms with Gasteiger partial charge in [-0.05, 0) is 70.6 Å². The Hall–Kier alpha value is -1.74. The molecule has 4 N–H and O–H groups in total. The Bertz CT molecular complexity index is 990. The molecule has 3 atom stereocenters. The second-order valence-electron chi connectivity index (χ2n) is 14.0. The fourth-order valence-electron chi connectivity index (χ4n) is 5.89. The van der Waals surface area contributed by atoms with Crippen molar-refractivity contribution >= 4 is 16.0 Å². The number of hydrogen-bond donors (Lipinski definition) is 4. The Kier molecular flexibility index (Phi) is 34.4. The molecular weight excluding hydrogens is 647 g/mol. The van der Waals surface area contributed by atoms with E-state index in [0.29, 0.717) is 12.8 Å². The van der Waals surface area contributed by atoms with Crippen molar-refractivity contribution < 1.29 is 28.0 Å². The van der Waals surface area contributed by atoms with Gasteiger partial charge in [-0.1, -0.05) is 165 Å². The molecule has 0 aromatic heterocycles. The average molecular weight is 724 g/mol. The van der Waals surface area contributed by atoms with Gasteiger partial charge in [0.2, 0.25) is 5.91 Å². The number of aliphatic hydroxyl groups excluding tert-OH is 2. The van der Waals surface area contributed by atoms with Gasteiger partial charge in [-0.25, -0.2) is 0 Å². The SMILES string of the molecule is CCCCCCCC/C=C\CCCCC(O)C(=O)NC(CS(=O)(=O)O)C(O)/C=C/CC/C=C/CC/C=C/CCCCCCCCCCCCC. The first-order valence-electron chi connectivity index (χ1n) is 20.4. The van der Waals surface area contributed by atoms with E-state index >= 15 is 0 Å². The van der Waals surface area contributed by atoms with Gasteiger partial charge in [0.1, 0.15) is 6.10 Å². The minimum absolute atomic E-state index is 0.239. The Morgan fingerprint density at radius 2 is 0.900 bits per heavy atom. The zero-order valence-electron chi connectivity index (χ0n) is 32.1. The first-order chi connectivity index (χ1) is 24.2. The van der Waals surface area contributed by atoms with Crippen molar-refractivity contribution in [2.45, 2.75) is 205 Å². The standard InChI is InChI=1S/C42H77NO6S/c1-3-5-7-9-11-13-15-17-18-19-20-21-22-23-24-25-27-28-30-32-34-36-40(44)39(38-50(47,48)49)43-42(46)41(45)37-35-33-31-29-26-16-14-12-10-8-6-4-2/h22-23,26-29,34,36,39-41,44-45H,3-21,24-25,30-33,35,37-38H2,1-2H3,(H,43,46)(H,47,48,49)/b23-22+,28-27+,29-26-,36-34+. The van der Waals surface area contributed by atoms with E-state index in [1.807, 2.05) is 0 Å². The zero-order chi connectivity index (χ0) is 37.0. The minimum Gasteiger partial charge on any atom is -0.387 e. The van der Waals surface area contributed by atoms with E-state index in [9.17, 15) is 28.0 Å². The molecule has 0 aliphatic carbocycles. The van der Waals surface area contributed by atoms with Gasteiger partial charge < -0.3 is 15.5 Å². The molecule has 7 nitrogen and oxygen atoms in total. The molecule has 292 valence electrons. The van der Waals surface area contributed by atoms with E-state index < -0.39 is 40.0 Å². The Balaban J connectivity index is 4.14. The molecule has 0 aromatic carbocycles. The summed E-state index contributed by atoms with van der Waals surface area (Å²) in [5.41, 5.74) is 0. The molecule has 0 radical (unpaired) electrons.